The largest absolute Gasteiger partial charge is 0.387 e. The van der Waals surface area contributed by atoms with Crippen LogP contribution in [0.2, 0.25) is 0 Å². The van der Waals surface area contributed by atoms with E-state index in [9.17, 15) is 8.78 Å². The molecule has 0 radical (unpaired) electrons. The summed E-state index contributed by atoms with van der Waals surface area (Å²) in [5.74, 6) is -0.839. The molecule has 0 amide bonds. The van der Waals surface area contributed by atoms with Crippen LogP contribution in [0.4, 0.5) is 14.5 Å². The fourth-order valence-electron chi connectivity index (χ4n) is 2.95. The number of anilines is 1. The van der Waals surface area contributed by atoms with E-state index in [4.69, 9.17) is 0 Å². The number of hydrogen-bond donors (Lipinski definition) is 1. The van der Waals surface area contributed by atoms with Crippen LogP contribution in [-0.4, -0.2) is 12.0 Å². The molecule has 0 unspecified atom stereocenters. The second-order valence-electron chi connectivity index (χ2n) is 5.20. The lowest BCUT2D eigenvalue weighted by Gasteiger charge is -2.15. The molecule has 5 heteroatoms. The summed E-state index contributed by atoms with van der Waals surface area (Å²) in [5.41, 5.74) is 1.84. The predicted molar refractivity (Wildman–Crippen MR) is 80.1 cm³/mol. The third-order valence-electron chi connectivity index (χ3n) is 3.99. The zero-order chi connectivity index (χ0) is 14.3. The van der Waals surface area contributed by atoms with Gasteiger partial charge in [-0.25, -0.2) is 13.8 Å². The van der Waals surface area contributed by atoms with E-state index in [2.05, 4.69) is 26.2 Å². The molecule has 2 aromatic rings. The zero-order valence-electron chi connectivity index (χ0n) is 11.1. The SMILES string of the molecule is CNc1cc(C2CCCC2)nc2c(F)cc(F)c(Br)c12. The number of hydrogen-bond acceptors (Lipinski definition) is 2. The van der Waals surface area contributed by atoms with Crippen molar-refractivity contribution in [2.24, 2.45) is 0 Å². The molecule has 1 aliphatic rings. The molecule has 3 rings (SSSR count). The van der Waals surface area contributed by atoms with Crippen molar-refractivity contribution in [1.82, 2.24) is 4.98 Å². The van der Waals surface area contributed by atoms with Crippen LogP contribution in [0.25, 0.3) is 10.9 Å². The van der Waals surface area contributed by atoms with Crippen molar-refractivity contribution in [3.63, 3.8) is 0 Å². The monoisotopic (exact) mass is 340 g/mol. The summed E-state index contributed by atoms with van der Waals surface area (Å²) in [6.45, 7) is 0. The lowest BCUT2D eigenvalue weighted by atomic mass is 10.0. The topological polar surface area (TPSA) is 24.9 Å². The average molecular weight is 341 g/mol. The number of rotatable bonds is 2. The Morgan fingerprint density at radius 2 is 1.90 bits per heavy atom. The maximum absolute atomic E-state index is 14.1. The van der Waals surface area contributed by atoms with Crippen LogP contribution in [0.3, 0.4) is 0 Å². The van der Waals surface area contributed by atoms with Crippen molar-refractivity contribution in [1.29, 1.82) is 0 Å². The van der Waals surface area contributed by atoms with Crippen molar-refractivity contribution in [2.75, 3.05) is 12.4 Å². The van der Waals surface area contributed by atoms with Crippen molar-refractivity contribution in [3.05, 3.63) is 33.9 Å². The number of fused-ring (bicyclic) bond motifs is 1. The molecular formula is C15H15BrF2N2. The molecule has 1 N–H and O–H groups in total. The minimum atomic E-state index is -0.614. The van der Waals surface area contributed by atoms with Crippen molar-refractivity contribution in [2.45, 2.75) is 31.6 Å². The Labute approximate surface area is 124 Å². The maximum atomic E-state index is 14.1. The maximum Gasteiger partial charge on any atom is 0.152 e. The van der Waals surface area contributed by atoms with Gasteiger partial charge in [-0.15, -0.1) is 0 Å². The fourth-order valence-corrected chi connectivity index (χ4v) is 3.47. The quantitative estimate of drug-likeness (QED) is 0.780. The first-order valence-corrected chi connectivity index (χ1v) is 7.57. The van der Waals surface area contributed by atoms with Gasteiger partial charge in [-0.05, 0) is 34.8 Å². The highest BCUT2D eigenvalue weighted by Gasteiger charge is 2.22. The molecule has 1 fully saturated rings. The van der Waals surface area contributed by atoms with Gasteiger partial charge in [-0.1, -0.05) is 12.8 Å². The Bertz CT molecular complexity index is 667. The van der Waals surface area contributed by atoms with E-state index in [0.29, 0.717) is 17.0 Å². The van der Waals surface area contributed by atoms with Gasteiger partial charge in [0.05, 0.1) is 4.47 Å². The molecule has 0 aliphatic heterocycles. The van der Waals surface area contributed by atoms with Gasteiger partial charge in [0.2, 0.25) is 0 Å². The van der Waals surface area contributed by atoms with E-state index in [0.717, 1.165) is 24.6 Å². The number of pyridine rings is 1. The first-order valence-electron chi connectivity index (χ1n) is 6.77. The third kappa shape index (κ3) is 2.18. The van der Waals surface area contributed by atoms with Gasteiger partial charge < -0.3 is 5.32 Å². The minimum absolute atomic E-state index is 0.229. The average Bonchev–Trinajstić information content (AvgIpc) is 2.97. The van der Waals surface area contributed by atoms with Gasteiger partial charge in [0, 0.05) is 35.8 Å². The summed E-state index contributed by atoms with van der Waals surface area (Å²) in [4.78, 5) is 4.46. The van der Waals surface area contributed by atoms with Gasteiger partial charge in [0.25, 0.3) is 0 Å². The Hall–Kier alpha value is -1.23. The van der Waals surface area contributed by atoms with Crippen LogP contribution < -0.4 is 5.32 Å². The van der Waals surface area contributed by atoms with Gasteiger partial charge in [0.1, 0.15) is 11.3 Å². The molecule has 1 heterocycles. The van der Waals surface area contributed by atoms with Gasteiger partial charge in [-0.3, -0.25) is 0 Å². The second-order valence-corrected chi connectivity index (χ2v) is 6.00. The lowest BCUT2D eigenvalue weighted by molar-refractivity contribution is 0.585. The molecule has 106 valence electrons. The van der Waals surface area contributed by atoms with Gasteiger partial charge in [0.15, 0.2) is 5.82 Å². The zero-order valence-corrected chi connectivity index (χ0v) is 12.7. The highest BCUT2D eigenvalue weighted by molar-refractivity contribution is 9.10. The molecule has 0 atom stereocenters. The molecule has 1 saturated carbocycles. The van der Waals surface area contributed by atoms with Crippen LogP contribution in [0.15, 0.2) is 16.6 Å². The smallest absolute Gasteiger partial charge is 0.152 e. The van der Waals surface area contributed by atoms with E-state index in [-0.39, 0.29) is 9.99 Å². The van der Waals surface area contributed by atoms with Crippen LogP contribution in [0.5, 0.6) is 0 Å². The van der Waals surface area contributed by atoms with Gasteiger partial charge in [-0.2, -0.15) is 0 Å². The first-order chi connectivity index (χ1) is 9.61. The highest BCUT2D eigenvalue weighted by atomic mass is 79.9. The second kappa shape index (κ2) is 5.28. The molecule has 0 spiro atoms. The fraction of sp³-hybridized carbons (Fsp3) is 0.400. The Morgan fingerprint density at radius 3 is 2.55 bits per heavy atom. The van der Waals surface area contributed by atoms with Crippen LogP contribution in [-0.2, 0) is 0 Å². The molecule has 0 saturated heterocycles. The molecule has 20 heavy (non-hydrogen) atoms. The number of aromatic nitrogens is 1. The molecule has 1 aliphatic carbocycles. The number of benzene rings is 1. The van der Waals surface area contributed by atoms with E-state index in [1.165, 1.54) is 12.8 Å². The van der Waals surface area contributed by atoms with E-state index < -0.39 is 11.6 Å². The molecule has 1 aromatic heterocycles. The normalized spacial score (nSPS) is 16.0. The summed E-state index contributed by atoms with van der Waals surface area (Å²) >= 11 is 3.19. The number of nitrogens with one attached hydrogen (secondary N) is 1. The Balaban J connectivity index is 2.28. The third-order valence-corrected chi connectivity index (χ3v) is 4.77. The summed E-state index contributed by atoms with van der Waals surface area (Å²) in [6, 6.07) is 2.80. The molecule has 2 nitrogen and oxygen atoms in total. The van der Waals surface area contributed by atoms with Gasteiger partial charge >= 0.3 is 0 Å². The van der Waals surface area contributed by atoms with Crippen molar-refractivity contribution >= 4 is 32.5 Å². The minimum Gasteiger partial charge on any atom is -0.387 e. The Kier molecular flexibility index (Phi) is 3.63. The van der Waals surface area contributed by atoms with E-state index >= 15 is 0 Å². The predicted octanol–water partition coefficient (Wildman–Crippen LogP) is 4.97. The van der Waals surface area contributed by atoms with Crippen molar-refractivity contribution in [3.8, 4) is 0 Å². The number of nitrogens with zero attached hydrogens (tertiary/aromatic N) is 1. The molecule has 1 aromatic carbocycles. The standard InChI is InChI=1S/C15H15BrF2N2/c1-19-12-7-11(8-4-2-3-5-8)20-15-10(18)6-9(17)14(16)13(12)15/h6-8H,2-5H2,1H3,(H,19,20). The van der Waals surface area contributed by atoms with Crippen LogP contribution >= 0.6 is 15.9 Å². The van der Waals surface area contributed by atoms with Crippen LogP contribution in [0, 0.1) is 11.6 Å². The summed E-state index contributed by atoms with van der Waals surface area (Å²) in [5, 5.41) is 3.49. The van der Waals surface area contributed by atoms with Crippen molar-refractivity contribution < 1.29 is 8.78 Å². The van der Waals surface area contributed by atoms with E-state index in [1.807, 2.05) is 6.07 Å². The summed E-state index contributed by atoms with van der Waals surface area (Å²) in [6.07, 6.45) is 4.56. The summed E-state index contributed by atoms with van der Waals surface area (Å²) in [7, 11) is 1.75. The first kappa shape index (κ1) is 13.7. The summed E-state index contributed by atoms with van der Waals surface area (Å²) < 4.78 is 28.0. The highest BCUT2D eigenvalue weighted by Crippen LogP contribution is 2.39. The Morgan fingerprint density at radius 1 is 1.20 bits per heavy atom. The number of halogens is 3. The molecule has 0 bridgehead atoms. The lowest BCUT2D eigenvalue weighted by Crippen LogP contribution is -2.02. The molecular weight excluding hydrogens is 326 g/mol. The van der Waals surface area contributed by atoms with Crippen LogP contribution in [0.1, 0.15) is 37.3 Å². The van der Waals surface area contributed by atoms with E-state index in [1.54, 1.807) is 7.05 Å².